The molecule has 0 bridgehead atoms. The molecule has 2 aromatic carbocycles. The number of carboxylic acids is 1. The maximum atomic E-state index is 13.9. The fraction of sp³-hybridized carbons (Fsp3) is 0.550. The number of carbonyl (C=O) groups is 6. The molecule has 310 valence electrons. The quantitative estimate of drug-likeness (QED) is 0.0616. The van der Waals surface area contributed by atoms with Gasteiger partial charge in [-0.25, -0.2) is 4.79 Å². The van der Waals surface area contributed by atoms with Crippen molar-refractivity contribution in [2.24, 2.45) is 11.5 Å². The van der Waals surface area contributed by atoms with Gasteiger partial charge in [0.1, 0.15) is 17.7 Å². The Balaban J connectivity index is 2.25. The first kappa shape index (κ1) is 47.1. The van der Waals surface area contributed by atoms with Crippen molar-refractivity contribution < 1.29 is 43.7 Å². The number of unbranched alkanes of at least 4 members (excludes halogenated alkanes) is 2. The van der Waals surface area contributed by atoms with Crippen LogP contribution in [0.4, 0.5) is 4.79 Å². The van der Waals surface area contributed by atoms with Crippen LogP contribution in [-0.2, 0) is 41.6 Å². The number of carboxylic acid groups (broad SMARTS) is 1. The predicted octanol–water partition coefficient (Wildman–Crippen LogP) is 1.42. The molecule has 0 aliphatic carbocycles. The van der Waals surface area contributed by atoms with Crippen LogP contribution in [0.5, 0.6) is 0 Å². The van der Waals surface area contributed by atoms with Crippen molar-refractivity contribution in [1.29, 1.82) is 0 Å². The zero-order valence-corrected chi connectivity index (χ0v) is 32.8. The molecular formula is C40H61N7O9. The Bertz CT molecular complexity index is 1520. The molecule has 56 heavy (non-hydrogen) atoms. The van der Waals surface area contributed by atoms with Crippen LogP contribution in [0.3, 0.4) is 0 Å². The van der Waals surface area contributed by atoms with Crippen molar-refractivity contribution in [3.63, 3.8) is 0 Å². The minimum Gasteiger partial charge on any atom is -0.481 e. The lowest BCUT2D eigenvalue weighted by atomic mass is 9.99. The third-order valence-corrected chi connectivity index (χ3v) is 8.69. The summed E-state index contributed by atoms with van der Waals surface area (Å²) in [6.45, 7) is 5.61. The number of aliphatic hydroxyl groups is 1. The van der Waals surface area contributed by atoms with Crippen LogP contribution in [0, 0.1) is 0 Å². The predicted molar refractivity (Wildman–Crippen MR) is 211 cm³/mol. The number of rotatable bonds is 26. The number of benzene rings is 2. The third-order valence-electron chi connectivity index (χ3n) is 8.69. The van der Waals surface area contributed by atoms with E-state index in [1.54, 1.807) is 20.8 Å². The summed E-state index contributed by atoms with van der Waals surface area (Å²) in [5.41, 5.74) is 12.0. The van der Waals surface area contributed by atoms with E-state index in [4.69, 9.17) is 21.3 Å². The summed E-state index contributed by atoms with van der Waals surface area (Å²) >= 11 is 0. The van der Waals surface area contributed by atoms with E-state index in [9.17, 15) is 33.9 Å². The second kappa shape index (κ2) is 25.2. The topological polar surface area (TPSA) is 264 Å². The summed E-state index contributed by atoms with van der Waals surface area (Å²) in [4.78, 5) is 75.2. The molecule has 0 saturated carbocycles. The number of aliphatic hydroxyl groups excluding tert-OH is 1. The molecule has 16 heteroatoms. The molecule has 0 aliphatic rings. The molecule has 11 N–H and O–H groups in total. The number of ether oxygens (including phenoxy) is 1. The molecule has 5 amide bonds. The van der Waals surface area contributed by atoms with Gasteiger partial charge in [0.2, 0.25) is 23.6 Å². The Kier molecular flexibility index (Phi) is 21.2. The number of aliphatic carboxylic acids is 1. The normalized spacial score (nSPS) is 13.9. The molecule has 2 aromatic rings. The van der Waals surface area contributed by atoms with Crippen LogP contribution >= 0.6 is 0 Å². The second-order valence-electron chi connectivity index (χ2n) is 14.7. The Morgan fingerprint density at radius 1 is 0.732 bits per heavy atom. The first-order valence-corrected chi connectivity index (χ1v) is 19.1. The van der Waals surface area contributed by atoms with Crippen LogP contribution in [-0.4, -0.2) is 101 Å². The lowest BCUT2D eigenvalue weighted by Crippen LogP contribution is -2.57. The fourth-order valence-electron chi connectivity index (χ4n) is 5.73. The molecule has 0 aromatic heterocycles. The van der Waals surface area contributed by atoms with E-state index in [2.05, 4.69) is 26.6 Å². The Morgan fingerprint density at radius 2 is 1.30 bits per heavy atom. The van der Waals surface area contributed by atoms with Gasteiger partial charge in [-0.1, -0.05) is 60.7 Å². The molecule has 0 radical (unpaired) electrons. The molecule has 0 aliphatic heterocycles. The summed E-state index contributed by atoms with van der Waals surface area (Å²) < 4.78 is 5.41. The second-order valence-corrected chi connectivity index (χ2v) is 14.7. The number of carbonyl (C=O) groups excluding carboxylic acids is 5. The maximum absolute atomic E-state index is 13.9. The largest absolute Gasteiger partial charge is 0.481 e. The van der Waals surface area contributed by atoms with Gasteiger partial charge in [0, 0.05) is 19.5 Å². The Hall–Kier alpha value is -5.06. The molecular weight excluding hydrogens is 722 g/mol. The Labute approximate surface area is 329 Å². The molecule has 16 nitrogen and oxygen atoms in total. The molecule has 2 rings (SSSR count). The summed E-state index contributed by atoms with van der Waals surface area (Å²) in [5, 5.41) is 34.5. The van der Waals surface area contributed by atoms with Gasteiger partial charge < -0.3 is 53.0 Å². The first-order chi connectivity index (χ1) is 26.6. The van der Waals surface area contributed by atoms with Crippen molar-refractivity contribution in [3.8, 4) is 0 Å². The van der Waals surface area contributed by atoms with Crippen molar-refractivity contribution in [3.05, 3.63) is 71.8 Å². The molecule has 1 unspecified atom stereocenters. The minimum absolute atomic E-state index is 0.136. The summed E-state index contributed by atoms with van der Waals surface area (Å²) in [7, 11) is 0. The van der Waals surface area contributed by atoms with Crippen LogP contribution in [0.15, 0.2) is 60.7 Å². The van der Waals surface area contributed by atoms with Gasteiger partial charge >= 0.3 is 12.1 Å². The first-order valence-electron chi connectivity index (χ1n) is 19.1. The zero-order chi connectivity index (χ0) is 41.5. The number of nitrogens with two attached hydrogens (primary N) is 2. The third kappa shape index (κ3) is 20.0. The number of alkyl carbamates (subject to hydrolysis) is 1. The highest BCUT2D eigenvalue weighted by Crippen LogP contribution is 2.12. The van der Waals surface area contributed by atoms with E-state index >= 15 is 0 Å². The maximum Gasteiger partial charge on any atom is 0.408 e. The molecule has 5 atom stereocenters. The number of hydrogen-bond acceptors (Lipinski definition) is 10. The van der Waals surface area contributed by atoms with E-state index in [1.165, 1.54) is 0 Å². The number of primary amides is 1. The highest BCUT2D eigenvalue weighted by molar-refractivity contribution is 5.89. The van der Waals surface area contributed by atoms with Crippen molar-refractivity contribution in [2.75, 3.05) is 19.6 Å². The standard InChI is InChI=1S/C40H61N7O9/c1-40(2,3)56-39(55)47-30(19-11-13-23-43-34(49)20-21-35(50)51)37(53)46-31(24-27-14-6-4-7-15-27)33(48)26-44-32(25-28-16-8-5-9-17-28)38(54)45-29(36(42)52)18-10-12-22-41/h4-9,14-17,29-33,44,48H,10-13,18-26,41H2,1-3H3,(H2,42,52)(H,43,49)(H,45,54)(H,46,53)(H,47,55)(H,50,51)/t29-,30-,31-,32-,33?/m0/s1. The molecule has 0 spiro atoms. The zero-order valence-electron chi connectivity index (χ0n) is 32.8. The van der Waals surface area contributed by atoms with E-state index in [0.717, 1.165) is 11.1 Å². The van der Waals surface area contributed by atoms with Gasteiger partial charge in [0.05, 0.1) is 24.6 Å². The van der Waals surface area contributed by atoms with Crippen molar-refractivity contribution >= 4 is 35.7 Å². The van der Waals surface area contributed by atoms with Crippen LogP contribution in [0.1, 0.15) is 83.3 Å². The fourth-order valence-corrected chi connectivity index (χ4v) is 5.73. The van der Waals surface area contributed by atoms with Gasteiger partial charge in [-0.3, -0.25) is 24.0 Å². The lowest BCUT2D eigenvalue weighted by molar-refractivity contribution is -0.138. The number of amides is 5. The summed E-state index contributed by atoms with van der Waals surface area (Å²) in [5.74, 6) is -3.22. The van der Waals surface area contributed by atoms with Gasteiger partial charge in [-0.2, -0.15) is 0 Å². The van der Waals surface area contributed by atoms with E-state index in [-0.39, 0.29) is 45.2 Å². The van der Waals surface area contributed by atoms with Gasteiger partial charge in [-0.15, -0.1) is 0 Å². The highest BCUT2D eigenvalue weighted by atomic mass is 16.6. The SMILES string of the molecule is CC(C)(C)OC(=O)N[C@@H](CCCCNC(=O)CCC(=O)O)C(=O)N[C@@H](Cc1ccccc1)C(O)CN[C@@H](Cc1ccccc1)C(=O)N[C@@H](CCCCN)C(N)=O. The van der Waals surface area contributed by atoms with E-state index in [1.807, 2.05) is 60.7 Å². The number of hydrogen-bond donors (Lipinski definition) is 9. The van der Waals surface area contributed by atoms with Crippen LogP contribution < -0.4 is 38.1 Å². The Morgan fingerprint density at radius 3 is 1.88 bits per heavy atom. The number of nitrogens with one attached hydrogen (secondary N) is 5. The lowest BCUT2D eigenvalue weighted by Gasteiger charge is -2.29. The van der Waals surface area contributed by atoms with Gasteiger partial charge in [0.15, 0.2) is 0 Å². The van der Waals surface area contributed by atoms with Crippen LogP contribution in [0.2, 0.25) is 0 Å². The average molecular weight is 784 g/mol. The average Bonchev–Trinajstić information content (AvgIpc) is 3.14. The smallest absolute Gasteiger partial charge is 0.408 e. The minimum atomic E-state index is -1.23. The highest BCUT2D eigenvalue weighted by Gasteiger charge is 2.30. The van der Waals surface area contributed by atoms with E-state index < -0.39 is 71.6 Å². The van der Waals surface area contributed by atoms with Gasteiger partial charge in [-0.05, 0) is 89.8 Å². The summed E-state index contributed by atoms with van der Waals surface area (Å²) in [6, 6.07) is 14.7. The monoisotopic (exact) mass is 783 g/mol. The van der Waals surface area contributed by atoms with Crippen LogP contribution in [0.25, 0.3) is 0 Å². The van der Waals surface area contributed by atoms with Crippen molar-refractivity contribution in [2.45, 2.75) is 121 Å². The molecule has 0 saturated heterocycles. The molecule has 0 fully saturated rings. The van der Waals surface area contributed by atoms with Gasteiger partial charge in [0.25, 0.3) is 0 Å². The van der Waals surface area contributed by atoms with Crippen molar-refractivity contribution in [1.82, 2.24) is 26.6 Å². The summed E-state index contributed by atoms with van der Waals surface area (Å²) in [6.07, 6.45) is 0.527. The van der Waals surface area contributed by atoms with E-state index in [0.29, 0.717) is 38.6 Å². The molecule has 0 heterocycles.